The average molecular weight is 397 g/mol. The van der Waals surface area contributed by atoms with Gasteiger partial charge in [0, 0.05) is 10.6 Å². The molecular weight excluding hydrogens is 372 g/mol. The maximum atomic E-state index is 12.9. The Kier molecular flexibility index (Phi) is 4.98. The van der Waals surface area contributed by atoms with Crippen LogP contribution in [0.2, 0.25) is 0 Å². The monoisotopic (exact) mass is 396 g/mol. The van der Waals surface area contributed by atoms with Crippen molar-refractivity contribution in [3.05, 3.63) is 56.2 Å². The second-order valence-corrected chi connectivity index (χ2v) is 8.79. The largest absolute Gasteiger partial charge is 0.506 e. The lowest BCUT2D eigenvalue weighted by atomic mass is 10.0. The lowest BCUT2D eigenvalue weighted by molar-refractivity contribution is 0.102. The van der Waals surface area contributed by atoms with Gasteiger partial charge in [0.2, 0.25) is 0 Å². The highest BCUT2D eigenvalue weighted by atomic mass is 32.1. The van der Waals surface area contributed by atoms with Crippen molar-refractivity contribution in [1.82, 2.24) is 4.98 Å². The van der Waals surface area contributed by atoms with Crippen LogP contribution in [0.5, 0.6) is 5.75 Å². The Morgan fingerprint density at radius 1 is 1.21 bits per heavy atom. The normalized spacial score (nSPS) is 14.1. The van der Waals surface area contributed by atoms with Crippen LogP contribution in [0.4, 0.5) is 5.69 Å². The van der Waals surface area contributed by atoms with Crippen molar-refractivity contribution in [2.45, 2.75) is 51.9 Å². The summed E-state index contributed by atoms with van der Waals surface area (Å²) in [4.78, 5) is 30.1. The number of nitrogens with one attached hydrogen (secondary N) is 2. The molecule has 0 atom stereocenters. The van der Waals surface area contributed by atoms with Crippen molar-refractivity contribution >= 4 is 33.1 Å². The van der Waals surface area contributed by atoms with Crippen LogP contribution < -0.4 is 10.9 Å². The van der Waals surface area contributed by atoms with E-state index in [1.807, 2.05) is 18.2 Å². The molecule has 146 valence electrons. The van der Waals surface area contributed by atoms with Gasteiger partial charge in [0.1, 0.15) is 16.1 Å². The highest BCUT2D eigenvalue weighted by molar-refractivity contribution is 7.18. The van der Waals surface area contributed by atoms with E-state index >= 15 is 0 Å². The van der Waals surface area contributed by atoms with Gasteiger partial charge in [-0.2, -0.15) is 0 Å². The Bertz CT molecular complexity index is 1110. The van der Waals surface area contributed by atoms with Crippen molar-refractivity contribution < 1.29 is 9.90 Å². The molecule has 1 aromatic carbocycles. The Morgan fingerprint density at radius 3 is 2.79 bits per heavy atom. The van der Waals surface area contributed by atoms with Crippen LogP contribution >= 0.6 is 11.3 Å². The molecule has 0 saturated carbocycles. The summed E-state index contributed by atoms with van der Waals surface area (Å²) in [7, 11) is 0. The quantitative estimate of drug-likeness (QED) is 0.549. The average Bonchev–Trinajstić information content (AvgIpc) is 2.83. The second kappa shape index (κ2) is 7.43. The molecule has 0 aliphatic heterocycles. The van der Waals surface area contributed by atoms with Crippen molar-refractivity contribution in [2.24, 2.45) is 0 Å². The van der Waals surface area contributed by atoms with Gasteiger partial charge >= 0.3 is 0 Å². The van der Waals surface area contributed by atoms with E-state index in [-0.39, 0.29) is 11.3 Å². The number of thiophene rings is 1. The topological polar surface area (TPSA) is 82.2 Å². The number of hydrogen-bond donors (Lipinski definition) is 3. The number of H-pyrrole nitrogens is 1. The van der Waals surface area contributed by atoms with Gasteiger partial charge in [-0.25, -0.2) is 0 Å². The maximum absolute atomic E-state index is 12.9. The standard InChI is InChI=1S/C22H24N2O3S/c1-12(2)13-7-6-8-14(11-13)23-20(26)18-19(25)17-15-9-4-3-5-10-16(15)28-22(17)24-21(18)27/h6-8,11-12H,3-5,9-10H2,1-2H3,(H,23,26)(H2,24,25,27). The van der Waals surface area contributed by atoms with E-state index in [0.29, 0.717) is 21.8 Å². The molecule has 0 bridgehead atoms. The molecular formula is C22H24N2O3S. The van der Waals surface area contributed by atoms with Crippen LogP contribution in [0, 0.1) is 0 Å². The van der Waals surface area contributed by atoms with Gasteiger partial charge in [-0.1, -0.05) is 32.4 Å². The predicted octanol–water partition coefficient (Wildman–Crippen LogP) is 4.94. The van der Waals surface area contributed by atoms with Crippen molar-refractivity contribution in [3.8, 4) is 5.75 Å². The van der Waals surface area contributed by atoms with E-state index in [0.717, 1.165) is 43.2 Å². The molecule has 1 aliphatic carbocycles. The number of fused-ring (bicyclic) bond motifs is 3. The third-order valence-electron chi connectivity index (χ3n) is 5.39. The minimum absolute atomic E-state index is 0.198. The summed E-state index contributed by atoms with van der Waals surface area (Å²) in [6.45, 7) is 4.15. The van der Waals surface area contributed by atoms with E-state index in [2.05, 4.69) is 24.1 Å². The molecule has 3 N–H and O–H groups in total. The lowest BCUT2D eigenvalue weighted by Gasteiger charge is -2.11. The summed E-state index contributed by atoms with van der Waals surface area (Å²) in [5.74, 6) is -0.461. The summed E-state index contributed by atoms with van der Waals surface area (Å²) in [5.41, 5.74) is 2.02. The van der Waals surface area contributed by atoms with E-state index in [1.54, 1.807) is 6.07 Å². The maximum Gasteiger partial charge on any atom is 0.265 e. The van der Waals surface area contributed by atoms with Crippen LogP contribution in [0.3, 0.4) is 0 Å². The van der Waals surface area contributed by atoms with E-state index in [4.69, 9.17) is 0 Å². The molecule has 2 heterocycles. The van der Waals surface area contributed by atoms with E-state index in [1.165, 1.54) is 16.2 Å². The summed E-state index contributed by atoms with van der Waals surface area (Å²) in [5, 5.41) is 14.3. The number of pyridine rings is 1. The number of aromatic hydroxyl groups is 1. The summed E-state index contributed by atoms with van der Waals surface area (Å²) in [6, 6.07) is 7.54. The first kappa shape index (κ1) is 18.7. The van der Waals surface area contributed by atoms with Crippen molar-refractivity contribution in [3.63, 3.8) is 0 Å². The number of amides is 1. The fraction of sp³-hybridized carbons (Fsp3) is 0.364. The Balaban J connectivity index is 1.76. The van der Waals surface area contributed by atoms with Crippen molar-refractivity contribution in [1.29, 1.82) is 0 Å². The van der Waals surface area contributed by atoms with Gasteiger partial charge in [-0.15, -0.1) is 11.3 Å². The SMILES string of the molecule is CC(C)c1cccc(NC(=O)c2c(O)c3c4c(sc3[nH]c2=O)CCCCC4)c1. The molecule has 28 heavy (non-hydrogen) atoms. The number of aryl methyl sites for hydroxylation is 2. The molecule has 0 radical (unpaired) electrons. The predicted molar refractivity (Wildman–Crippen MR) is 114 cm³/mol. The first-order valence-electron chi connectivity index (χ1n) is 9.76. The molecule has 1 amide bonds. The Labute approximate surface area is 167 Å². The number of benzene rings is 1. The van der Waals surface area contributed by atoms with Crippen LogP contribution in [0.15, 0.2) is 29.1 Å². The van der Waals surface area contributed by atoms with Gasteiger partial charge in [-0.05, 0) is 54.9 Å². The van der Waals surface area contributed by atoms with Gasteiger partial charge in [0.25, 0.3) is 11.5 Å². The highest BCUT2D eigenvalue weighted by Crippen LogP contribution is 2.39. The number of aromatic amines is 1. The Morgan fingerprint density at radius 2 is 2.00 bits per heavy atom. The molecule has 0 fully saturated rings. The third kappa shape index (κ3) is 3.33. The second-order valence-electron chi connectivity index (χ2n) is 7.68. The van der Waals surface area contributed by atoms with Gasteiger partial charge < -0.3 is 15.4 Å². The number of aromatic nitrogens is 1. The highest BCUT2D eigenvalue weighted by Gasteiger charge is 2.25. The summed E-state index contributed by atoms with van der Waals surface area (Å²) < 4.78 is 0. The fourth-order valence-electron chi connectivity index (χ4n) is 3.86. The smallest absolute Gasteiger partial charge is 0.265 e. The zero-order valence-corrected chi connectivity index (χ0v) is 16.9. The number of carbonyl (C=O) groups excluding carboxylic acids is 1. The lowest BCUT2D eigenvalue weighted by Crippen LogP contribution is -2.23. The van der Waals surface area contributed by atoms with Crippen LogP contribution in [-0.2, 0) is 12.8 Å². The zero-order valence-electron chi connectivity index (χ0n) is 16.1. The molecule has 2 aromatic heterocycles. The van der Waals surface area contributed by atoms with Gasteiger partial charge in [0.05, 0.1) is 5.39 Å². The van der Waals surface area contributed by atoms with E-state index in [9.17, 15) is 14.7 Å². The first-order chi connectivity index (χ1) is 13.5. The molecule has 1 aliphatic rings. The molecule has 6 heteroatoms. The van der Waals surface area contributed by atoms with Crippen LogP contribution in [-0.4, -0.2) is 16.0 Å². The zero-order chi connectivity index (χ0) is 19.8. The van der Waals surface area contributed by atoms with Crippen molar-refractivity contribution in [2.75, 3.05) is 5.32 Å². The molecule has 3 aromatic rings. The number of rotatable bonds is 3. The summed E-state index contributed by atoms with van der Waals surface area (Å²) in [6.07, 6.45) is 5.16. The fourth-order valence-corrected chi connectivity index (χ4v) is 5.14. The molecule has 0 spiro atoms. The van der Waals surface area contributed by atoms with Gasteiger partial charge in [-0.3, -0.25) is 9.59 Å². The van der Waals surface area contributed by atoms with Crippen LogP contribution in [0.25, 0.3) is 10.2 Å². The number of anilines is 1. The number of carbonyl (C=O) groups is 1. The molecule has 5 nitrogen and oxygen atoms in total. The summed E-state index contributed by atoms with van der Waals surface area (Å²) >= 11 is 1.52. The van der Waals surface area contributed by atoms with Gasteiger partial charge in [0.15, 0.2) is 0 Å². The number of hydrogen-bond acceptors (Lipinski definition) is 4. The van der Waals surface area contributed by atoms with Crippen LogP contribution in [0.1, 0.15) is 65.4 Å². The Hall–Kier alpha value is -2.60. The van der Waals surface area contributed by atoms with E-state index < -0.39 is 11.5 Å². The minimum Gasteiger partial charge on any atom is -0.506 e. The molecule has 4 rings (SSSR count). The molecule has 0 unspecified atom stereocenters. The first-order valence-corrected chi connectivity index (χ1v) is 10.6. The minimum atomic E-state index is -0.588. The third-order valence-corrected chi connectivity index (χ3v) is 6.59. The molecule has 0 saturated heterocycles.